The summed E-state index contributed by atoms with van der Waals surface area (Å²) in [6.07, 6.45) is 3.52. The molecule has 138 valence electrons. The van der Waals surface area contributed by atoms with Crippen molar-refractivity contribution in [3.63, 3.8) is 0 Å². The van der Waals surface area contributed by atoms with Gasteiger partial charge in [0.2, 0.25) is 0 Å². The first kappa shape index (κ1) is 18.2. The van der Waals surface area contributed by atoms with E-state index < -0.39 is 11.9 Å². The molecule has 0 unspecified atom stereocenters. The standard InChI is InChI=1S/C18H20N2O5S/c1-10(2)25-14-6-12(5-13(7-14)24-9-11-3-4-11)16(21)20-18-19-8-15(26-18)17(22)23/h5-8,10-11H,3-4,9H2,1-2H3,(H,22,23)(H,19,20,21). The molecular formula is C18H20N2O5S. The highest BCUT2D eigenvalue weighted by atomic mass is 32.1. The van der Waals surface area contributed by atoms with Gasteiger partial charge in [-0.3, -0.25) is 10.1 Å². The number of anilines is 1. The largest absolute Gasteiger partial charge is 0.493 e. The molecule has 1 aromatic heterocycles. The fraction of sp³-hybridized carbons (Fsp3) is 0.389. The Labute approximate surface area is 155 Å². The summed E-state index contributed by atoms with van der Waals surface area (Å²) in [5, 5.41) is 11.8. The van der Waals surface area contributed by atoms with Gasteiger partial charge >= 0.3 is 5.97 Å². The number of carboxylic acids is 1. The van der Waals surface area contributed by atoms with Crippen LogP contribution in [0.25, 0.3) is 0 Å². The number of thiazole rings is 1. The van der Waals surface area contributed by atoms with E-state index in [1.807, 2.05) is 13.8 Å². The first-order chi connectivity index (χ1) is 12.4. The predicted molar refractivity (Wildman–Crippen MR) is 97.5 cm³/mol. The van der Waals surface area contributed by atoms with E-state index in [0.717, 1.165) is 11.3 Å². The molecule has 0 spiro atoms. The molecule has 2 N–H and O–H groups in total. The Kier molecular flexibility index (Phi) is 5.41. The van der Waals surface area contributed by atoms with Crippen molar-refractivity contribution >= 4 is 28.3 Å². The molecular weight excluding hydrogens is 356 g/mol. The Bertz CT molecular complexity index is 814. The minimum absolute atomic E-state index is 0.0401. The maximum Gasteiger partial charge on any atom is 0.347 e. The fourth-order valence-electron chi connectivity index (χ4n) is 2.23. The summed E-state index contributed by atoms with van der Waals surface area (Å²) in [4.78, 5) is 27.4. The van der Waals surface area contributed by atoms with Gasteiger partial charge in [0, 0.05) is 11.6 Å². The Balaban J connectivity index is 1.77. The summed E-state index contributed by atoms with van der Waals surface area (Å²) in [5.74, 6) is 0.231. The van der Waals surface area contributed by atoms with Crippen molar-refractivity contribution < 1.29 is 24.2 Å². The van der Waals surface area contributed by atoms with E-state index in [4.69, 9.17) is 14.6 Å². The van der Waals surface area contributed by atoms with E-state index in [1.54, 1.807) is 18.2 Å². The molecule has 26 heavy (non-hydrogen) atoms. The molecule has 1 aromatic carbocycles. The van der Waals surface area contributed by atoms with Gasteiger partial charge in [0.15, 0.2) is 5.13 Å². The molecule has 0 radical (unpaired) electrons. The van der Waals surface area contributed by atoms with Gasteiger partial charge in [-0.15, -0.1) is 0 Å². The van der Waals surface area contributed by atoms with Gasteiger partial charge in [0.25, 0.3) is 5.91 Å². The van der Waals surface area contributed by atoms with Crippen LogP contribution in [-0.2, 0) is 0 Å². The molecule has 2 aromatic rings. The fourth-order valence-corrected chi connectivity index (χ4v) is 2.88. The lowest BCUT2D eigenvalue weighted by Crippen LogP contribution is -2.13. The topological polar surface area (TPSA) is 97.8 Å². The number of carboxylic acid groups (broad SMARTS) is 1. The number of carbonyl (C=O) groups excluding carboxylic acids is 1. The number of nitrogens with zero attached hydrogens (tertiary/aromatic N) is 1. The molecule has 1 fully saturated rings. The zero-order valence-corrected chi connectivity index (χ0v) is 15.3. The lowest BCUT2D eigenvalue weighted by atomic mass is 10.2. The number of aromatic nitrogens is 1. The SMILES string of the molecule is CC(C)Oc1cc(OCC2CC2)cc(C(=O)Nc2ncc(C(=O)O)s2)c1. The molecule has 0 aliphatic heterocycles. The zero-order chi connectivity index (χ0) is 18.7. The van der Waals surface area contributed by atoms with Crippen molar-refractivity contribution in [2.75, 3.05) is 11.9 Å². The van der Waals surface area contributed by atoms with Crippen LogP contribution in [0, 0.1) is 5.92 Å². The van der Waals surface area contributed by atoms with Crippen molar-refractivity contribution in [1.82, 2.24) is 4.98 Å². The molecule has 0 saturated heterocycles. The quantitative estimate of drug-likeness (QED) is 0.729. The number of rotatable bonds is 8. The summed E-state index contributed by atoms with van der Waals surface area (Å²) in [7, 11) is 0. The minimum atomic E-state index is -1.08. The first-order valence-corrected chi connectivity index (χ1v) is 9.17. The molecule has 0 atom stereocenters. The third-order valence-electron chi connectivity index (χ3n) is 3.63. The molecule has 8 heteroatoms. The van der Waals surface area contributed by atoms with Gasteiger partial charge in [0.1, 0.15) is 16.4 Å². The average Bonchev–Trinajstić information content (AvgIpc) is 3.29. The Morgan fingerprint density at radius 3 is 2.65 bits per heavy atom. The van der Waals surface area contributed by atoms with Gasteiger partial charge in [-0.2, -0.15) is 0 Å². The summed E-state index contributed by atoms with van der Waals surface area (Å²) < 4.78 is 11.5. The Morgan fingerprint density at radius 2 is 2.04 bits per heavy atom. The Morgan fingerprint density at radius 1 is 1.31 bits per heavy atom. The maximum atomic E-state index is 12.5. The van der Waals surface area contributed by atoms with Crippen LogP contribution in [0.5, 0.6) is 11.5 Å². The van der Waals surface area contributed by atoms with Crippen LogP contribution in [-0.4, -0.2) is 34.7 Å². The van der Waals surface area contributed by atoms with Crippen LogP contribution in [0.3, 0.4) is 0 Å². The highest BCUT2D eigenvalue weighted by Crippen LogP contribution is 2.31. The van der Waals surface area contributed by atoms with Crippen molar-refractivity contribution in [1.29, 1.82) is 0 Å². The third-order valence-corrected chi connectivity index (χ3v) is 4.53. The molecule has 1 saturated carbocycles. The molecule has 7 nitrogen and oxygen atoms in total. The van der Waals surface area contributed by atoms with Crippen molar-refractivity contribution in [3.05, 3.63) is 34.8 Å². The number of aromatic carboxylic acids is 1. The van der Waals surface area contributed by atoms with Crippen molar-refractivity contribution in [2.24, 2.45) is 5.92 Å². The van der Waals surface area contributed by atoms with Crippen LogP contribution < -0.4 is 14.8 Å². The minimum Gasteiger partial charge on any atom is -0.493 e. The van der Waals surface area contributed by atoms with E-state index in [9.17, 15) is 9.59 Å². The van der Waals surface area contributed by atoms with E-state index >= 15 is 0 Å². The molecule has 1 amide bonds. The lowest BCUT2D eigenvalue weighted by molar-refractivity contribution is 0.0701. The summed E-state index contributed by atoms with van der Waals surface area (Å²) in [6.45, 7) is 4.43. The first-order valence-electron chi connectivity index (χ1n) is 8.35. The normalized spacial score (nSPS) is 13.5. The number of ether oxygens (including phenoxy) is 2. The number of hydrogen-bond donors (Lipinski definition) is 2. The second-order valence-electron chi connectivity index (χ2n) is 6.40. The lowest BCUT2D eigenvalue weighted by Gasteiger charge is -2.14. The van der Waals surface area contributed by atoms with E-state index in [1.165, 1.54) is 19.0 Å². The van der Waals surface area contributed by atoms with Gasteiger partial charge in [-0.25, -0.2) is 9.78 Å². The number of amides is 1. The monoisotopic (exact) mass is 376 g/mol. The highest BCUT2D eigenvalue weighted by Gasteiger charge is 2.22. The molecule has 1 aliphatic carbocycles. The average molecular weight is 376 g/mol. The zero-order valence-electron chi connectivity index (χ0n) is 14.5. The number of hydrogen-bond acceptors (Lipinski definition) is 6. The third kappa shape index (κ3) is 4.95. The van der Waals surface area contributed by atoms with Crippen LogP contribution in [0.15, 0.2) is 24.4 Å². The van der Waals surface area contributed by atoms with Gasteiger partial charge in [0.05, 0.1) is 18.9 Å². The maximum absolute atomic E-state index is 12.5. The molecule has 0 bridgehead atoms. The number of benzene rings is 1. The van der Waals surface area contributed by atoms with E-state index in [-0.39, 0.29) is 16.1 Å². The molecule has 1 aliphatic rings. The molecule has 3 rings (SSSR count). The van der Waals surface area contributed by atoms with Crippen LogP contribution in [0.1, 0.15) is 46.7 Å². The van der Waals surface area contributed by atoms with Crippen LogP contribution in [0.2, 0.25) is 0 Å². The van der Waals surface area contributed by atoms with Crippen molar-refractivity contribution in [3.8, 4) is 11.5 Å². The van der Waals surface area contributed by atoms with E-state index in [2.05, 4.69) is 10.3 Å². The van der Waals surface area contributed by atoms with Crippen LogP contribution >= 0.6 is 11.3 Å². The van der Waals surface area contributed by atoms with Crippen LogP contribution in [0.4, 0.5) is 5.13 Å². The Hall–Kier alpha value is -2.61. The summed E-state index contributed by atoms with van der Waals surface area (Å²) in [6, 6.07) is 5.05. The van der Waals surface area contributed by atoms with Gasteiger partial charge in [-0.1, -0.05) is 11.3 Å². The van der Waals surface area contributed by atoms with Gasteiger partial charge in [-0.05, 0) is 44.7 Å². The predicted octanol–water partition coefficient (Wildman–Crippen LogP) is 3.67. The highest BCUT2D eigenvalue weighted by molar-refractivity contribution is 7.17. The van der Waals surface area contributed by atoms with E-state index in [0.29, 0.717) is 29.6 Å². The second-order valence-corrected chi connectivity index (χ2v) is 7.43. The second kappa shape index (κ2) is 7.74. The number of carbonyl (C=O) groups is 2. The van der Waals surface area contributed by atoms with Crippen molar-refractivity contribution in [2.45, 2.75) is 32.8 Å². The summed E-state index contributed by atoms with van der Waals surface area (Å²) in [5.41, 5.74) is 0.362. The van der Waals surface area contributed by atoms with Gasteiger partial charge < -0.3 is 14.6 Å². The smallest absolute Gasteiger partial charge is 0.347 e. The summed E-state index contributed by atoms with van der Waals surface area (Å²) >= 11 is 0.900. The number of nitrogens with one attached hydrogen (secondary N) is 1. The molecule has 1 heterocycles.